The molecule has 214 valence electrons. The van der Waals surface area contributed by atoms with Crippen molar-refractivity contribution < 1.29 is 28.3 Å². The first-order chi connectivity index (χ1) is 18.7. The molecule has 1 unspecified atom stereocenters. The third-order valence-electron chi connectivity index (χ3n) is 10.6. The topological polar surface area (TPSA) is 161 Å². The molecule has 1 spiro atoms. The van der Waals surface area contributed by atoms with Gasteiger partial charge in [-0.15, -0.1) is 0 Å². The zero-order chi connectivity index (χ0) is 28.7. The Morgan fingerprint density at radius 3 is 2.58 bits per heavy atom. The van der Waals surface area contributed by atoms with Gasteiger partial charge in [0.2, 0.25) is 23.3 Å². The maximum absolute atomic E-state index is 15.4. The normalized spacial score (nSPS) is 41.0. The summed E-state index contributed by atoms with van der Waals surface area (Å²) >= 11 is 0. The fourth-order valence-electron chi connectivity index (χ4n) is 8.49. The molecule has 1 aromatic rings. The Morgan fingerprint density at radius 1 is 1.18 bits per heavy atom. The number of carbonyl (C=O) groups is 4. The second-order valence-electron chi connectivity index (χ2n) is 13.8. The lowest BCUT2D eigenvalue weighted by Gasteiger charge is -2.38. The van der Waals surface area contributed by atoms with E-state index in [1.54, 1.807) is 19.1 Å². The molecule has 3 aliphatic heterocycles. The summed E-state index contributed by atoms with van der Waals surface area (Å²) < 4.78 is 21.6. The highest BCUT2D eigenvalue weighted by Gasteiger charge is 2.87. The molecule has 5 N–H and O–H groups in total. The molecule has 5 fully saturated rings. The van der Waals surface area contributed by atoms with Crippen molar-refractivity contribution in [3.8, 4) is 5.75 Å². The number of pyridine rings is 1. The Labute approximate surface area is 231 Å². The van der Waals surface area contributed by atoms with Gasteiger partial charge in [0.25, 0.3) is 5.91 Å². The molecule has 7 rings (SSSR count). The van der Waals surface area contributed by atoms with Gasteiger partial charge in [0.05, 0.1) is 12.6 Å². The average Bonchev–Trinajstić information content (AvgIpc) is 3.30. The second-order valence-corrected chi connectivity index (χ2v) is 13.8. The number of anilines is 1. The zero-order valence-corrected chi connectivity index (χ0v) is 23.0. The van der Waals surface area contributed by atoms with Crippen molar-refractivity contribution in [3.05, 3.63) is 17.8 Å². The van der Waals surface area contributed by atoms with Crippen molar-refractivity contribution >= 4 is 29.4 Å². The lowest BCUT2D eigenvalue weighted by Crippen LogP contribution is -2.59. The molecule has 4 heterocycles. The van der Waals surface area contributed by atoms with Crippen LogP contribution >= 0.6 is 0 Å². The van der Waals surface area contributed by atoms with Gasteiger partial charge in [-0.2, -0.15) is 0 Å². The Hall–Kier alpha value is -3.28. The molecular formula is C28H35FN6O5. The molecule has 10 atom stereocenters. The number of rotatable bonds is 3. The number of fused-ring (bicyclic) bond motifs is 5. The van der Waals surface area contributed by atoms with Gasteiger partial charge >= 0.3 is 0 Å². The van der Waals surface area contributed by atoms with Crippen LogP contribution in [0, 0.1) is 41.9 Å². The highest BCUT2D eigenvalue weighted by Crippen LogP contribution is 2.82. The van der Waals surface area contributed by atoms with E-state index >= 15 is 4.39 Å². The minimum Gasteiger partial charge on any atom is -0.472 e. The largest absolute Gasteiger partial charge is 0.472 e. The van der Waals surface area contributed by atoms with Gasteiger partial charge < -0.3 is 31.3 Å². The first kappa shape index (κ1) is 25.7. The van der Waals surface area contributed by atoms with Crippen LogP contribution in [0.2, 0.25) is 0 Å². The van der Waals surface area contributed by atoms with Crippen LogP contribution in [0.15, 0.2) is 12.1 Å². The third-order valence-corrected chi connectivity index (χ3v) is 10.6. The molecule has 0 radical (unpaired) electrons. The first-order valence-corrected chi connectivity index (χ1v) is 14.0. The number of nitrogens with zero attached hydrogens (tertiary/aromatic N) is 3. The van der Waals surface area contributed by atoms with Crippen LogP contribution in [0.1, 0.15) is 39.3 Å². The monoisotopic (exact) mass is 554 g/mol. The summed E-state index contributed by atoms with van der Waals surface area (Å²) in [6, 6.07) is 0.412. The van der Waals surface area contributed by atoms with Crippen molar-refractivity contribution in [3.63, 3.8) is 0 Å². The van der Waals surface area contributed by atoms with Crippen LogP contribution in [-0.2, 0) is 19.2 Å². The molecule has 3 saturated carbocycles. The number of halogens is 1. The van der Waals surface area contributed by atoms with Crippen LogP contribution in [0.4, 0.5) is 10.2 Å². The maximum atomic E-state index is 15.4. The van der Waals surface area contributed by atoms with Gasteiger partial charge in [0.15, 0.2) is 11.6 Å². The predicted molar refractivity (Wildman–Crippen MR) is 139 cm³/mol. The summed E-state index contributed by atoms with van der Waals surface area (Å²) in [5.74, 6) is -2.19. The molecule has 11 nitrogen and oxygen atoms in total. The number of aromatic nitrogens is 1. The summed E-state index contributed by atoms with van der Waals surface area (Å²) in [5, 5.41) is 2.75. The molecule has 1 aromatic heterocycles. The van der Waals surface area contributed by atoms with Crippen LogP contribution < -0.4 is 21.5 Å². The van der Waals surface area contributed by atoms with Crippen LogP contribution in [0.3, 0.4) is 0 Å². The fourth-order valence-corrected chi connectivity index (χ4v) is 8.49. The van der Waals surface area contributed by atoms with E-state index in [2.05, 4.69) is 10.3 Å². The summed E-state index contributed by atoms with van der Waals surface area (Å²) in [6.07, 6.45) is 0.320. The highest BCUT2D eigenvalue weighted by atomic mass is 19.1. The number of carbonyl (C=O) groups excluding carboxylic acids is 4. The minimum absolute atomic E-state index is 0.00305. The van der Waals surface area contributed by atoms with Crippen LogP contribution in [0.5, 0.6) is 5.75 Å². The lowest BCUT2D eigenvalue weighted by atomic mass is 9.69. The van der Waals surface area contributed by atoms with Crippen LogP contribution in [0.25, 0.3) is 0 Å². The van der Waals surface area contributed by atoms with Gasteiger partial charge in [-0.05, 0) is 48.6 Å². The van der Waals surface area contributed by atoms with E-state index in [1.165, 1.54) is 9.80 Å². The maximum Gasteiger partial charge on any atom is 0.271 e. The molecular weight excluding hydrogens is 519 g/mol. The third kappa shape index (κ3) is 3.16. The van der Waals surface area contributed by atoms with Gasteiger partial charge in [-0.25, -0.2) is 9.37 Å². The molecule has 2 saturated heterocycles. The number of hydrogen-bond donors (Lipinski definition) is 3. The molecule has 12 heteroatoms. The van der Waals surface area contributed by atoms with E-state index in [4.69, 9.17) is 16.2 Å². The van der Waals surface area contributed by atoms with Gasteiger partial charge in [-0.3, -0.25) is 19.2 Å². The predicted octanol–water partition coefficient (Wildman–Crippen LogP) is 0.350. The molecule has 3 aliphatic carbocycles. The minimum atomic E-state index is -1.56. The van der Waals surface area contributed by atoms with E-state index in [1.807, 2.05) is 20.8 Å². The number of nitrogens with two attached hydrogens (primary N) is 2. The van der Waals surface area contributed by atoms with Crippen molar-refractivity contribution in [1.29, 1.82) is 0 Å². The molecule has 6 aliphatic rings. The van der Waals surface area contributed by atoms with E-state index in [-0.39, 0.29) is 54.3 Å². The van der Waals surface area contributed by atoms with Crippen molar-refractivity contribution in [2.24, 2.45) is 46.5 Å². The second kappa shape index (κ2) is 7.71. The Bertz CT molecular complexity index is 1380. The van der Waals surface area contributed by atoms with Gasteiger partial charge in [0, 0.05) is 30.5 Å². The van der Waals surface area contributed by atoms with Gasteiger partial charge in [-0.1, -0.05) is 20.8 Å². The lowest BCUT2D eigenvalue weighted by molar-refractivity contribution is -0.149. The SMILES string of the molecule is Cc1ccc2c(n1)NC(=O)[C@]1(C[C@@H](C(N)=O)N(C(=O)[C@@H]3[C@@H]4[C@H](CN3C(=O)[C@@H](N)C(C)(C)C)[C@@H]3C[C@@]5(F)C3[C@@H]45)C1)O2. The van der Waals surface area contributed by atoms with Crippen molar-refractivity contribution in [2.75, 3.05) is 18.4 Å². The fraction of sp³-hybridized carbons (Fsp3) is 0.679. The Balaban J connectivity index is 1.23. The Morgan fingerprint density at radius 2 is 1.90 bits per heavy atom. The zero-order valence-electron chi connectivity index (χ0n) is 23.0. The van der Waals surface area contributed by atoms with Crippen LogP contribution in [-0.4, -0.2) is 80.9 Å². The Kier molecular flexibility index (Phi) is 4.95. The number of hydrogen-bond acceptors (Lipinski definition) is 7. The first-order valence-electron chi connectivity index (χ1n) is 14.0. The average molecular weight is 555 g/mol. The number of aryl methyl sites for hydroxylation is 1. The smallest absolute Gasteiger partial charge is 0.271 e. The molecule has 4 amide bonds. The summed E-state index contributed by atoms with van der Waals surface area (Å²) in [4.78, 5) is 61.4. The highest BCUT2D eigenvalue weighted by molar-refractivity contribution is 6.03. The van der Waals surface area contributed by atoms with Gasteiger partial charge in [0.1, 0.15) is 17.8 Å². The number of alkyl halides is 1. The number of amides is 4. The van der Waals surface area contributed by atoms with E-state index in [9.17, 15) is 19.2 Å². The van der Waals surface area contributed by atoms with E-state index in [0.717, 1.165) is 0 Å². The van der Waals surface area contributed by atoms with Crippen molar-refractivity contribution in [2.45, 2.75) is 69.9 Å². The van der Waals surface area contributed by atoms with E-state index in [0.29, 0.717) is 24.4 Å². The standard InChI is InChI=1S/C28H35FN6O5/c1-11-5-6-15-22(32-11)33-25(39)27(40-15)8-14(21(31)36)35(10-27)23(37)19-16-13(12-7-28(29)17(12)18(16)28)9-34(19)24(38)20(30)26(2,3)4/h5-6,12-14,16-20H,7-10,30H2,1-4H3,(H2,31,36)(H,32,33,39)/t12-,13+,14-,16+,17?,18+,19-,20+,27+,28+/m0/s1. The number of likely N-dealkylation sites (tertiary alicyclic amines) is 2. The molecule has 0 aromatic carbocycles. The number of ether oxygens (including phenoxy) is 1. The molecule has 0 bridgehead atoms. The van der Waals surface area contributed by atoms with E-state index < -0.39 is 52.5 Å². The summed E-state index contributed by atoms with van der Waals surface area (Å²) in [7, 11) is 0. The summed E-state index contributed by atoms with van der Waals surface area (Å²) in [5.41, 5.74) is 9.44. The quantitative estimate of drug-likeness (QED) is 0.486. The van der Waals surface area contributed by atoms with Crippen molar-refractivity contribution in [1.82, 2.24) is 14.8 Å². The number of nitrogens with one attached hydrogen (secondary N) is 1. The summed E-state index contributed by atoms with van der Waals surface area (Å²) in [6.45, 7) is 7.43. The molecule has 40 heavy (non-hydrogen) atoms. The number of primary amides is 1.